The number of rotatable bonds is 3. The lowest BCUT2D eigenvalue weighted by Crippen LogP contribution is -2.10. The zero-order valence-electron chi connectivity index (χ0n) is 10.5. The predicted octanol–water partition coefficient (Wildman–Crippen LogP) is 4.57. The normalized spacial score (nSPS) is 11.5. The zero-order valence-corrected chi connectivity index (χ0v) is 12.0. The summed E-state index contributed by atoms with van der Waals surface area (Å²) in [5.41, 5.74) is -1.32. The van der Waals surface area contributed by atoms with Gasteiger partial charge in [-0.2, -0.15) is 17.5 Å². The van der Waals surface area contributed by atoms with Crippen molar-refractivity contribution in [3.8, 4) is 0 Å². The highest BCUT2D eigenvalue weighted by Gasteiger charge is 2.35. The molecule has 21 heavy (non-hydrogen) atoms. The van der Waals surface area contributed by atoms with Gasteiger partial charge in [0.25, 0.3) is 0 Å². The van der Waals surface area contributed by atoms with Gasteiger partial charge in [0, 0.05) is 0 Å². The molecule has 0 unspecified atom stereocenters. The summed E-state index contributed by atoms with van der Waals surface area (Å²) in [6.07, 6.45) is -4.61. The number of carbonyl (C=O) groups is 1. The maximum Gasteiger partial charge on any atom is 0.418 e. The Balaban J connectivity index is 2.53. The summed E-state index contributed by atoms with van der Waals surface area (Å²) < 4.78 is 42.7. The summed E-state index contributed by atoms with van der Waals surface area (Å²) in [5, 5.41) is 11.4. The fraction of sp³-hybridized carbons (Fsp3) is 0.167. The number of aromatic nitrogens is 1. The average Bonchev–Trinajstić information content (AvgIpc) is 2.71. The highest BCUT2D eigenvalue weighted by Crippen LogP contribution is 2.41. The van der Waals surface area contributed by atoms with E-state index in [1.165, 1.54) is 19.1 Å². The second-order valence-electron chi connectivity index (χ2n) is 4.06. The lowest BCUT2D eigenvalue weighted by atomic mass is 10.1. The number of carboxylic acids is 1. The molecule has 0 aliphatic carbocycles. The van der Waals surface area contributed by atoms with E-state index in [1.54, 1.807) is 0 Å². The van der Waals surface area contributed by atoms with Crippen LogP contribution in [0.4, 0.5) is 23.9 Å². The maximum atomic E-state index is 13.0. The third-order valence-electron chi connectivity index (χ3n) is 2.63. The summed E-state index contributed by atoms with van der Waals surface area (Å²) in [6.45, 7) is 1.46. The lowest BCUT2D eigenvalue weighted by Gasteiger charge is -2.15. The van der Waals surface area contributed by atoms with Crippen molar-refractivity contribution in [2.75, 3.05) is 5.32 Å². The van der Waals surface area contributed by atoms with Gasteiger partial charge in [0.15, 0.2) is 0 Å². The van der Waals surface area contributed by atoms with Gasteiger partial charge in [-0.3, -0.25) is 0 Å². The van der Waals surface area contributed by atoms with E-state index in [0.29, 0.717) is 0 Å². The van der Waals surface area contributed by atoms with E-state index in [-0.39, 0.29) is 21.3 Å². The average molecular weight is 337 g/mol. The van der Waals surface area contributed by atoms with Gasteiger partial charge in [-0.05, 0) is 30.6 Å². The van der Waals surface area contributed by atoms with E-state index in [0.717, 1.165) is 17.6 Å². The standard InChI is InChI=1S/C12H8ClF3N2O2S/c1-5-8(11(19)20)10(21-18-5)17-9-6(12(14,15)16)3-2-4-7(9)13/h2-4,17H,1H3,(H,19,20). The number of aryl methyl sites for hydroxylation is 1. The van der Waals surface area contributed by atoms with E-state index < -0.39 is 23.4 Å². The first kappa shape index (κ1) is 15.6. The SMILES string of the molecule is Cc1nsc(Nc2c(Cl)cccc2C(F)(F)F)c1C(=O)O. The third-order valence-corrected chi connectivity index (χ3v) is 3.80. The van der Waals surface area contributed by atoms with Gasteiger partial charge < -0.3 is 10.4 Å². The molecular weight excluding hydrogens is 329 g/mol. The van der Waals surface area contributed by atoms with Crippen molar-refractivity contribution in [2.24, 2.45) is 0 Å². The number of para-hydroxylation sites is 1. The number of benzene rings is 1. The number of aromatic carboxylic acids is 1. The van der Waals surface area contributed by atoms with Gasteiger partial charge >= 0.3 is 12.1 Å². The zero-order chi connectivity index (χ0) is 15.8. The van der Waals surface area contributed by atoms with Crippen LogP contribution in [0.2, 0.25) is 5.02 Å². The minimum Gasteiger partial charge on any atom is -0.478 e. The fourth-order valence-corrected chi connectivity index (χ4v) is 2.72. The van der Waals surface area contributed by atoms with Gasteiger partial charge in [0.2, 0.25) is 0 Å². The summed E-state index contributed by atoms with van der Waals surface area (Å²) in [5.74, 6) is -1.27. The van der Waals surface area contributed by atoms with Gasteiger partial charge in [-0.25, -0.2) is 4.79 Å². The van der Waals surface area contributed by atoms with Crippen molar-refractivity contribution in [3.63, 3.8) is 0 Å². The molecule has 0 fully saturated rings. The number of anilines is 2. The van der Waals surface area contributed by atoms with Crippen LogP contribution in [0.25, 0.3) is 0 Å². The molecule has 0 bridgehead atoms. The number of carboxylic acid groups (broad SMARTS) is 1. The quantitative estimate of drug-likeness (QED) is 0.862. The number of nitrogens with one attached hydrogen (secondary N) is 1. The second kappa shape index (κ2) is 5.53. The minimum absolute atomic E-state index is 0.00130. The molecule has 0 amide bonds. The van der Waals surface area contributed by atoms with Crippen LogP contribution in [0.5, 0.6) is 0 Å². The molecular formula is C12H8ClF3N2O2S. The second-order valence-corrected chi connectivity index (χ2v) is 5.24. The molecule has 2 aromatic rings. The summed E-state index contributed by atoms with van der Waals surface area (Å²) in [4.78, 5) is 11.1. The summed E-state index contributed by atoms with van der Waals surface area (Å²) in [6, 6.07) is 3.32. The number of hydrogen-bond acceptors (Lipinski definition) is 4. The number of alkyl halides is 3. The van der Waals surface area contributed by atoms with Gasteiger partial charge in [-0.15, -0.1) is 0 Å². The van der Waals surface area contributed by atoms with E-state index in [9.17, 15) is 18.0 Å². The summed E-state index contributed by atoms with van der Waals surface area (Å²) >= 11 is 6.56. The van der Waals surface area contributed by atoms with E-state index >= 15 is 0 Å². The van der Waals surface area contributed by atoms with Crippen LogP contribution in [0.1, 0.15) is 21.6 Å². The molecule has 0 saturated carbocycles. The van der Waals surface area contributed by atoms with Crippen molar-refractivity contribution in [2.45, 2.75) is 13.1 Å². The Hall–Kier alpha value is -1.80. The molecule has 2 N–H and O–H groups in total. The molecule has 0 spiro atoms. The minimum atomic E-state index is -4.61. The molecule has 1 aromatic heterocycles. The Kier molecular flexibility index (Phi) is 4.11. The molecule has 4 nitrogen and oxygen atoms in total. The van der Waals surface area contributed by atoms with Crippen molar-refractivity contribution >= 4 is 39.8 Å². The number of halogens is 4. The Morgan fingerprint density at radius 3 is 2.67 bits per heavy atom. The highest BCUT2D eigenvalue weighted by molar-refractivity contribution is 7.10. The molecule has 1 heterocycles. The largest absolute Gasteiger partial charge is 0.478 e. The first-order chi connectivity index (χ1) is 9.71. The van der Waals surface area contributed by atoms with Crippen LogP contribution >= 0.6 is 23.1 Å². The van der Waals surface area contributed by atoms with Crippen molar-refractivity contribution in [3.05, 3.63) is 40.0 Å². The van der Waals surface area contributed by atoms with Crippen molar-refractivity contribution in [1.29, 1.82) is 0 Å². The van der Waals surface area contributed by atoms with Crippen LogP contribution in [-0.4, -0.2) is 15.4 Å². The first-order valence-corrected chi connectivity index (χ1v) is 6.69. The molecule has 2 rings (SSSR count). The third kappa shape index (κ3) is 3.11. The summed E-state index contributed by atoms with van der Waals surface area (Å²) in [7, 11) is 0. The Morgan fingerprint density at radius 1 is 1.43 bits per heavy atom. The van der Waals surface area contributed by atoms with Crippen molar-refractivity contribution < 1.29 is 23.1 Å². The van der Waals surface area contributed by atoms with Crippen LogP contribution in [0, 0.1) is 6.92 Å². The smallest absolute Gasteiger partial charge is 0.418 e. The van der Waals surface area contributed by atoms with Gasteiger partial charge in [0.05, 0.1) is 22.0 Å². The predicted molar refractivity (Wildman–Crippen MR) is 73.5 cm³/mol. The molecule has 9 heteroatoms. The maximum absolute atomic E-state index is 13.0. The topological polar surface area (TPSA) is 62.2 Å². The van der Waals surface area contributed by atoms with E-state index in [2.05, 4.69) is 9.69 Å². The highest BCUT2D eigenvalue weighted by atomic mass is 35.5. The molecule has 1 aromatic carbocycles. The Bertz CT molecular complexity index is 700. The van der Waals surface area contributed by atoms with Crippen molar-refractivity contribution in [1.82, 2.24) is 4.37 Å². The molecule has 112 valence electrons. The van der Waals surface area contributed by atoms with Crippen LogP contribution in [0.3, 0.4) is 0 Å². The molecule has 0 saturated heterocycles. The fourth-order valence-electron chi connectivity index (χ4n) is 1.71. The molecule has 0 radical (unpaired) electrons. The first-order valence-electron chi connectivity index (χ1n) is 5.54. The number of hydrogen-bond donors (Lipinski definition) is 2. The van der Waals surface area contributed by atoms with Crippen LogP contribution in [-0.2, 0) is 6.18 Å². The van der Waals surface area contributed by atoms with Gasteiger partial charge in [0.1, 0.15) is 10.6 Å². The van der Waals surface area contributed by atoms with E-state index in [4.69, 9.17) is 16.7 Å². The van der Waals surface area contributed by atoms with E-state index in [1.807, 2.05) is 0 Å². The Morgan fingerprint density at radius 2 is 2.10 bits per heavy atom. The molecule has 0 aliphatic heterocycles. The number of nitrogens with zero attached hydrogens (tertiary/aromatic N) is 1. The molecule has 0 aliphatic rings. The van der Waals surface area contributed by atoms with Crippen LogP contribution < -0.4 is 5.32 Å². The van der Waals surface area contributed by atoms with Crippen LogP contribution in [0.15, 0.2) is 18.2 Å². The van der Waals surface area contributed by atoms with Gasteiger partial charge in [-0.1, -0.05) is 17.7 Å². The Labute approximate surface area is 126 Å². The molecule has 0 atom stereocenters. The monoisotopic (exact) mass is 336 g/mol. The lowest BCUT2D eigenvalue weighted by molar-refractivity contribution is -0.136.